The Morgan fingerprint density at radius 3 is 2.47 bits per heavy atom. The lowest BCUT2D eigenvalue weighted by molar-refractivity contribution is -0.123. The molecule has 0 aromatic heterocycles. The number of piperidine rings is 1. The summed E-state index contributed by atoms with van der Waals surface area (Å²) in [5, 5.41) is 2.33. The van der Waals surface area contributed by atoms with E-state index in [0.29, 0.717) is 32.4 Å². The first-order chi connectivity index (χ1) is 14.4. The molecule has 6 nitrogen and oxygen atoms in total. The summed E-state index contributed by atoms with van der Waals surface area (Å²) in [5.74, 6) is 0.798. The molecule has 2 heterocycles. The van der Waals surface area contributed by atoms with Crippen molar-refractivity contribution in [2.45, 2.75) is 50.0 Å². The van der Waals surface area contributed by atoms with Crippen LogP contribution in [0.1, 0.15) is 55.0 Å². The van der Waals surface area contributed by atoms with Crippen LogP contribution in [0.2, 0.25) is 0 Å². The molecule has 0 radical (unpaired) electrons. The van der Waals surface area contributed by atoms with Gasteiger partial charge < -0.3 is 10.1 Å². The van der Waals surface area contributed by atoms with Gasteiger partial charge in [0.1, 0.15) is 17.1 Å². The van der Waals surface area contributed by atoms with Gasteiger partial charge >= 0.3 is 0 Å². The molecule has 7 heteroatoms. The highest BCUT2D eigenvalue weighted by Crippen LogP contribution is 2.39. The summed E-state index contributed by atoms with van der Waals surface area (Å²) in [6.07, 6.45) is 2.66. The summed E-state index contributed by atoms with van der Waals surface area (Å²) in [5.41, 5.74) is 1.80. The molecule has 0 bridgehead atoms. The lowest BCUT2D eigenvalue weighted by atomic mass is 10.1. The van der Waals surface area contributed by atoms with Crippen LogP contribution >= 0.6 is 0 Å². The van der Waals surface area contributed by atoms with E-state index in [2.05, 4.69) is 5.32 Å². The number of hydrogen-bond donors (Lipinski definition) is 1. The fourth-order valence-corrected chi connectivity index (χ4v) is 6.53. The molecular weight excluding hydrogens is 400 g/mol. The lowest BCUT2D eigenvalue weighted by Crippen LogP contribution is -2.41. The van der Waals surface area contributed by atoms with Crippen LogP contribution < -0.4 is 10.1 Å². The Bertz CT molecular complexity index is 966. The molecule has 0 aliphatic carbocycles. The largest absolute Gasteiger partial charge is 0.489 e. The molecule has 2 aromatic rings. The average molecular weight is 429 g/mol. The SMILES string of the molecule is CC(c1ccc(OC2CCC(=O)NC2)cc1)N1CCCC(c2ccccc2)S1(=O)=O. The number of carbonyl (C=O) groups excluding carboxylic acids is 1. The molecule has 2 aliphatic rings. The molecule has 2 aromatic carbocycles. The zero-order valence-electron chi connectivity index (χ0n) is 17.2. The van der Waals surface area contributed by atoms with Crippen LogP contribution in [0.3, 0.4) is 0 Å². The van der Waals surface area contributed by atoms with Crippen molar-refractivity contribution in [3.05, 3.63) is 65.7 Å². The van der Waals surface area contributed by atoms with Crippen LogP contribution in [0.25, 0.3) is 0 Å². The number of amides is 1. The first-order valence-electron chi connectivity index (χ1n) is 10.5. The van der Waals surface area contributed by atoms with Crippen molar-refractivity contribution in [1.29, 1.82) is 0 Å². The van der Waals surface area contributed by atoms with E-state index in [1.165, 1.54) is 0 Å². The summed E-state index contributed by atoms with van der Waals surface area (Å²) in [7, 11) is -3.44. The van der Waals surface area contributed by atoms with Gasteiger partial charge in [-0.25, -0.2) is 8.42 Å². The molecule has 2 fully saturated rings. The molecule has 3 atom stereocenters. The maximum atomic E-state index is 13.4. The van der Waals surface area contributed by atoms with E-state index in [1.54, 1.807) is 4.31 Å². The highest BCUT2D eigenvalue weighted by Gasteiger charge is 2.39. The number of carbonyl (C=O) groups is 1. The zero-order valence-corrected chi connectivity index (χ0v) is 18.0. The summed E-state index contributed by atoms with van der Waals surface area (Å²) < 4.78 is 34.3. The third-order valence-corrected chi connectivity index (χ3v) is 8.40. The average Bonchev–Trinajstić information content (AvgIpc) is 2.76. The van der Waals surface area contributed by atoms with Gasteiger partial charge in [0.15, 0.2) is 0 Å². The van der Waals surface area contributed by atoms with Crippen LogP contribution in [0, 0.1) is 0 Å². The second-order valence-corrected chi connectivity index (χ2v) is 10.1. The molecule has 2 aliphatic heterocycles. The van der Waals surface area contributed by atoms with Crippen LogP contribution in [0.15, 0.2) is 54.6 Å². The predicted octanol–water partition coefficient (Wildman–Crippen LogP) is 3.57. The van der Waals surface area contributed by atoms with Crippen molar-refractivity contribution >= 4 is 15.9 Å². The van der Waals surface area contributed by atoms with Gasteiger partial charge in [-0.05, 0) is 49.4 Å². The van der Waals surface area contributed by atoms with Gasteiger partial charge in [-0.3, -0.25) is 4.79 Å². The van der Waals surface area contributed by atoms with Gasteiger partial charge in [0.2, 0.25) is 15.9 Å². The summed E-state index contributed by atoms with van der Waals surface area (Å²) in [4.78, 5) is 11.3. The Labute approximate surface area is 178 Å². The Hall–Kier alpha value is -2.38. The highest BCUT2D eigenvalue weighted by molar-refractivity contribution is 7.89. The van der Waals surface area contributed by atoms with E-state index >= 15 is 0 Å². The number of nitrogens with zero attached hydrogens (tertiary/aromatic N) is 1. The molecule has 30 heavy (non-hydrogen) atoms. The van der Waals surface area contributed by atoms with Crippen molar-refractivity contribution in [2.24, 2.45) is 0 Å². The maximum Gasteiger partial charge on any atom is 0.221 e. The van der Waals surface area contributed by atoms with Crippen molar-refractivity contribution < 1.29 is 17.9 Å². The second kappa shape index (κ2) is 8.78. The molecule has 4 rings (SSSR count). The molecular formula is C23H28N2O4S. The van der Waals surface area contributed by atoms with Crippen LogP contribution in [-0.2, 0) is 14.8 Å². The predicted molar refractivity (Wildman–Crippen MR) is 116 cm³/mol. The van der Waals surface area contributed by atoms with Crippen LogP contribution in [0.5, 0.6) is 5.75 Å². The van der Waals surface area contributed by atoms with Crippen molar-refractivity contribution in [3.63, 3.8) is 0 Å². The highest BCUT2D eigenvalue weighted by atomic mass is 32.2. The topological polar surface area (TPSA) is 75.7 Å². The number of benzene rings is 2. The third kappa shape index (κ3) is 4.37. The van der Waals surface area contributed by atoms with E-state index in [9.17, 15) is 13.2 Å². The standard InChI is InChI=1S/C23H28N2O4S/c1-17(18-9-11-20(12-10-18)29-21-13-14-23(26)24-16-21)25-15-5-8-22(30(25,27)28)19-6-3-2-4-7-19/h2-4,6-7,9-12,17,21-22H,5,8,13-16H2,1H3,(H,24,26). The lowest BCUT2D eigenvalue weighted by Gasteiger charge is -2.36. The maximum absolute atomic E-state index is 13.4. The number of nitrogens with one attached hydrogen (secondary N) is 1. The minimum absolute atomic E-state index is 0.0277. The van der Waals surface area contributed by atoms with Crippen molar-refractivity contribution in [3.8, 4) is 5.75 Å². The molecule has 0 saturated carbocycles. The number of sulfonamides is 1. The van der Waals surface area contributed by atoms with Gasteiger partial charge in [-0.2, -0.15) is 4.31 Å². The first kappa shape index (κ1) is 20.9. The molecule has 1 amide bonds. The second-order valence-electron chi connectivity index (χ2n) is 8.02. The van der Waals surface area contributed by atoms with Gasteiger partial charge in [-0.15, -0.1) is 0 Å². The van der Waals surface area contributed by atoms with Crippen molar-refractivity contribution in [1.82, 2.24) is 9.62 Å². The van der Waals surface area contributed by atoms with Gasteiger partial charge in [0.25, 0.3) is 0 Å². The monoisotopic (exact) mass is 428 g/mol. The Kier molecular flexibility index (Phi) is 6.11. The Morgan fingerprint density at radius 1 is 1.07 bits per heavy atom. The van der Waals surface area contributed by atoms with E-state index in [-0.39, 0.29) is 18.1 Å². The van der Waals surface area contributed by atoms with Gasteiger partial charge in [0.05, 0.1) is 6.54 Å². The third-order valence-electron chi connectivity index (χ3n) is 6.02. The van der Waals surface area contributed by atoms with E-state index in [0.717, 1.165) is 23.3 Å². The smallest absolute Gasteiger partial charge is 0.221 e. The fraction of sp³-hybridized carbons (Fsp3) is 0.435. The van der Waals surface area contributed by atoms with Gasteiger partial charge in [0, 0.05) is 19.0 Å². The molecule has 2 saturated heterocycles. The first-order valence-corrected chi connectivity index (χ1v) is 12.0. The number of ether oxygens (including phenoxy) is 1. The quantitative estimate of drug-likeness (QED) is 0.790. The fourth-order valence-electron chi connectivity index (χ4n) is 4.29. The molecule has 3 unspecified atom stereocenters. The normalized spacial score (nSPS) is 25.3. The van der Waals surface area contributed by atoms with Crippen LogP contribution in [0.4, 0.5) is 0 Å². The molecule has 160 valence electrons. The van der Waals surface area contributed by atoms with Gasteiger partial charge in [-0.1, -0.05) is 42.5 Å². The molecule has 1 N–H and O–H groups in total. The minimum atomic E-state index is -3.44. The molecule has 0 spiro atoms. The van der Waals surface area contributed by atoms with Crippen molar-refractivity contribution in [2.75, 3.05) is 13.1 Å². The van der Waals surface area contributed by atoms with E-state index in [1.807, 2.05) is 61.5 Å². The van der Waals surface area contributed by atoms with E-state index < -0.39 is 15.3 Å². The van der Waals surface area contributed by atoms with Crippen LogP contribution in [-0.4, -0.2) is 37.8 Å². The number of rotatable bonds is 5. The Morgan fingerprint density at radius 2 is 1.80 bits per heavy atom. The van der Waals surface area contributed by atoms with E-state index in [4.69, 9.17) is 4.74 Å². The summed E-state index contributed by atoms with van der Waals surface area (Å²) in [6.45, 7) is 2.99. The summed E-state index contributed by atoms with van der Waals surface area (Å²) in [6, 6.07) is 16.9. The minimum Gasteiger partial charge on any atom is -0.489 e. The number of hydrogen-bond acceptors (Lipinski definition) is 4. The summed E-state index contributed by atoms with van der Waals surface area (Å²) >= 11 is 0. The Balaban J connectivity index is 1.47. The zero-order chi connectivity index (χ0) is 21.1.